The number of nitrogens with zero attached hydrogens (tertiary/aromatic N) is 3. The number of rotatable bonds is 9. The number of nitro groups is 1. The van der Waals surface area contributed by atoms with E-state index in [4.69, 9.17) is 9.26 Å². The van der Waals surface area contributed by atoms with E-state index in [1.54, 1.807) is 37.3 Å². The van der Waals surface area contributed by atoms with Gasteiger partial charge in [0, 0.05) is 18.1 Å². The number of anilines is 1. The summed E-state index contributed by atoms with van der Waals surface area (Å²) in [7, 11) is 0. The Hall–Kier alpha value is -3.75. The molecule has 156 valence electrons. The third-order valence-corrected chi connectivity index (χ3v) is 4.47. The number of aromatic nitrogens is 2. The van der Waals surface area contributed by atoms with Crippen LogP contribution in [0.25, 0.3) is 11.4 Å². The zero-order valence-electron chi connectivity index (χ0n) is 16.8. The smallest absolute Gasteiger partial charge is 0.274 e. The van der Waals surface area contributed by atoms with Gasteiger partial charge in [0.2, 0.25) is 11.7 Å². The van der Waals surface area contributed by atoms with E-state index in [1.807, 2.05) is 0 Å². The number of carbonyl (C=O) groups is 1. The second-order valence-electron chi connectivity index (χ2n) is 6.68. The van der Waals surface area contributed by atoms with Gasteiger partial charge in [0.25, 0.3) is 11.6 Å². The zero-order valence-corrected chi connectivity index (χ0v) is 16.8. The van der Waals surface area contributed by atoms with E-state index < -0.39 is 10.8 Å². The minimum Gasteiger partial charge on any atom is -0.484 e. The molecular weight excluding hydrogens is 388 g/mol. The topological polar surface area (TPSA) is 120 Å². The summed E-state index contributed by atoms with van der Waals surface area (Å²) in [6.45, 7) is 3.45. The van der Waals surface area contributed by atoms with Crippen LogP contribution in [0.15, 0.2) is 47.0 Å². The van der Waals surface area contributed by atoms with Gasteiger partial charge in [-0.3, -0.25) is 14.9 Å². The molecule has 0 spiro atoms. The minimum atomic E-state index is -0.487. The maximum atomic E-state index is 12.2. The highest BCUT2D eigenvalue weighted by molar-refractivity contribution is 5.93. The fraction of sp³-hybridized carbons (Fsp3) is 0.286. The number of hydrogen-bond donors (Lipinski definition) is 1. The van der Waals surface area contributed by atoms with E-state index in [0.717, 1.165) is 24.8 Å². The van der Waals surface area contributed by atoms with Gasteiger partial charge in [-0.15, -0.1) is 0 Å². The van der Waals surface area contributed by atoms with Gasteiger partial charge < -0.3 is 14.6 Å². The molecule has 1 amide bonds. The van der Waals surface area contributed by atoms with E-state index in [1.165, 1.54) is 12.1 Å². The molecule has 9 nitrogen and oxygen atoms in total. The van der Waals surface area contributed by atoms with Crippen LogP contribution in [0, 0.1) is 17.0 Å². The number of unbranched alkanes of at least 4 members (excludes halogenated alkanes) is 1. The molecule has 0 saturated heterocycles. The maximum absolute atomic E-state index is 12.2. The van der Waals surface area contributed by atoms with Crippen LogP contribution in [-0.4, -0.2) is 27.6 Å². The Morgan fingerprint density at radius 2 is 2.00 bits per heavy atom. The van der Waals surface area contributed by atoms with E-state index in [0.29, 0.717) is 28.7 Å². The molecule has 1 N–H and O–H groups in total. The lowest BCUT2D eigenvalue weighted by atomic mass is 10.1. The summed E-state index contributed by atoms with van der Waals surface area (Å²) in [5.41, 5.74) is 1.50. The van der Waals surface area contributed by atoms with Crippen molar-refractivity contribution in [3.8, 4) is 17.1 Å². The van der Waals surface area contributed by atoms with Crippen LogP contribution in [0.5, 0.6) is 5.75 Å². The van der Waals surface area contributed by atoms with Crippen LogP contribution in [0.3, 0.4) is 0 Å². The second kappa shape index (κ2) is 9.64. The molecule has 30 heavy (non-hydrogen) atoms. The number of benzene rings is 2. The van der Waals surface area contributed by atoms with Gasteiger partial charge in [0.05, 0.1) is 16.2 Å². The fourth-order valence-electron chi connectivity index (χ4n) is 2.79. The lowest BCUT2D eigenvalue weighted by molar-refractivity contribution is -0.385. The molecule has 1 aromatic heterocycles. The Kier molecular flexibility index (Phi) is 6.74. The van der Waals surface area contributed by atoms with Crippen molar-refractivity contribution in [3.05, 3.63) is 64.0 Å². The van der Waals surface area contributed by atoms with Gasteiger partial charge >= 0.3 is 0 Å². The van der Waals surface area contributed by atoms with Crippen molar-refractivity contribution in [2.45, 2.75) is 33.1 Å². The van der Waals surface area contributed by atoms with Crippen molar-refractivity contribution >= 4 is 17.3 Å². The quantitative estimate of drug-likeness (QED) is 0.412. The highest BCUT2D eigenvalue weighted by atomic mass is 16.6. The Balaban J connectivity index is 1.56. The second-order valence-corrected chi connectivity index (χ2v) is 6.68. The third-order valence-electron chi connectivity index (χ3n) is 4.47. The minimum absolute atomic E-state index is 0.0522. The summed E-state index contributed by atoms with van der Waals surface area (Å²) in [5.74, 6) is 1.20. The average molecular weight is 410 g/mol. The van der Waals surface area contributed by atoms with Crippen molar-refractivity contribution < 1.29 is 19.0 Å². The Morgan fingerprint density at radius 3 is 2.70 bits per heavy atom. The van der Waals surface area contributed by atoms with Crippen molar-refractivity contribution in [2.24, 2.45) is 0 Å². The molecular formula is C21H22N4O5. The summed E-state index contributed by atoms with van der Waals surface area (Å²) in [4.78, 5) is 27.0. The van der Waals surface area contributed by atoms with Crippen LogP contribution < -0.4 is 10.1 Å². The lowest BCUT2D eigenvalue weighted by Crippen LogP contribution is -2.20. The van der Waals surface area contributed by atoms with Crippen molar-refractivity contribution in [1.82, 2.24) is 10.1 Å². The summed E-state index contributed by atoms with van der Waals surface area (Å²) < 4.78 is 10.7. The molecule has 0 atom stereocenters. The monoisotopic (exact) mass is 410 g/mol. The number of carbonyl (C=O) groups excluding carboxylic acids is 1. The number of nitrogens with one attached hydrogen (secondary N) is 1. The molecule has 0 aliphatic carbocycles. The molecule has 0 aliphatic heterocycles. The van der Waals surface area contributed by atoms with E-state index in [2.05, 4.69) is 22.4 Å². The van der Waals surface area contributed by atoms with Gasteiger partial charge in [0.15, 0.2) is 6.61 Å². The number of ether oxygens (including phenoxy) is 1. The van der Waals surface area contributed by atoms with Crippen molar-refractivity contribution in [3.63, 3.8) is 0 Å². The Labute approximate surface area is 173 Å². The van der Waals surface area contributed by atoms with Gasteiger partial charge in [-0.25, -0.2) is 0 Å². The summed E-state index contributed by atoms with van der Waals surface area (Å²) >= 11 is 0. The third kappa shape index (κ3) is 5.19. The van der Waals surface area contributed by atoms with Crippen LogP contribution in [0.2, 0.25) is 0 Å². The first-order chi connectivity index (χ1) is 14.5. The summed E-state index contributed by atoms with van der Waals surface area (Å²) in [6.07, 6.45) is 2.80. The normalized spacial score (nSPS) is 10.6. The van der Waals surface area contributed by atoms with E-state index in [9.17, 15) is 14.9 Å². The molecule has 2 aromatic carbocycles. The van der Waals surface area contributed by atoms with Crippen LogP contribution in [0.4, 0.5) is 11.4 Å². The molecule has 0 unspecified atom stereocenters. The largest absolute Gasteiger partial charge is 0.484 e. The molecule has 0 bridgehead atoms. The zero-order chi connectivity index (χ0) is 21.5. The molecule has 0 saturated carbocycles. The number of aryl methyl sites for hydroxylation is 1. The SMILES string of the molecule is CCCCc1nc(-c2ccc(OCC(=O)Nc3cccc([N+](=O)[O-])c3C)cc2)no1. The highest BCUT2D eigenvalue weighted by Gasteiger charge is 2.15. The van der Waals surface area contributed by atoms with Crippen LogP contribution in [0.1, 0.15) is 31.2 Å². The molecule has 1 heterocycles. The molecule has 3 aromatic rings. The fourth-order valence-corrected chi connectivity index (χ4v) is 2.79. The number of amides is 1. The summed E-state index contributed by atoms with van der Waals surface area (Å²) in [5, 5.41) is 17.6. The summed E-state index contributed by atoms with van der Waals surface area (Å²) in [6, 6.07) is 11.5. The molecule has 0 aliphatic rings. The average Bonchev–Trinajstić information content (AvgIpc) is 3.21. The van der Waals surface area contributed by atoms with Gasteiger partial charge in [0.1, 0.15) is 5.75 Å². The van der Waals surface area contributed by atoms with E-state index in [-0.39, 0.29) is 12.3 Å². The first kappa shape index (κ1) is 21.0. The van der Waals surface area contributed by atoms with Gasteiger partial charge in [-0.2, -0.15) is 4.98 Å². The number of hydrogen-bond acceptors (Lipinski definition) is 7. The van der Waals surface area contributed by atoms with Gasteiger partial charge in [-0.1, -0.05) is 24.6 Å². The lowest BCUT2D eigenvalue weighted by Gasteiger charge is -2.10. The molecule has 9 heteroatoms. The van der Waals surface area contributed by atoms with E-state index >= 15 is 0 Å². The highest BCUT2D eigenvalue weighted by Crippen LogP contribution is 2.25. The Bertz CT molecular complexity index is 1030. The predicted molar refractivity (Wildman–Crippen MR) is 110 cm³/mol. The first-order valence-electron chi connectivity index (χ1n) is 9.57. The van der Waals surface area contributed by atoms with Gasteiger partial charge in [-0.05, 0) is 43.7 Å². The molecule has 0 radical (unpaired) electrons. The molecule has 0 fully saturated rings. The molecule has 3 rings (SSSR count). The maximum Gasteiger partial charge on any atom is 0.274 e. The predicted octanol–water partition coefficient (Wildman–Crippen LogP) is 4.31. The Morgan fingerprint density at radius 1 is 1.23 bits per heavy atom. The van der Waals surface area contributed by atoms with Crippen molar-refractivity contribution in [1.29, 1.82) is 0 Å². The number of nitro benzene ring substituents is 1. The van der Waals surface area contributed by atoms with Crippen molar-refractivity contribution in [2.75, 3.05) is 11.9 Å². The first-order valence-corrected chi connectivity index (χ1v) is 9.57. The van der Waals surface area contributed by atoms with Crippen LogP contribution >= 0.6 is 0 Å². The van der Waals surface area contributed by atoms with Crippen LogP contribution in [-0.2, 0) is 11.2 Å². The standard InChI is InChI=1S/C21H22N4O5/c1-3-4-8-20-23-21(24-30-20)15-9-11-16(12-10-15)29-13-19(26)22-17-6-5-7-18(14(17)2)25(27)28/h5-7,9-12H,3-4,8,13H2,1-2H3,(H,22,26).